The summed E-state index contributed by atoms with van der Waals surface area (Å²) in [5, 5.41) is 11.8. The maximum absolute atomic E-state index is 2.42. The Hall–Kier alpha value is -5.32. The van der Waals surface area contributed by atoms with Crippen LogP contribution in [0.15, 0.2) is 158 Å². The van der Waals surface area contributed by atoms with E-state index < -0.39 is 0 Å². The lowest BCUT2D eigenvalue weighted by Crippen LogP contribution is -1.82. The van der Waals surface area contributed by atoms with Crippen molar-refractivity contribution in [3.8, 4) is 32.7 Å². The van der Waals surface area contributed by atoms with Crippen LogP contribution in [-0.4, -0.2) is 0 Å². The molecule has 0 radical (unpaired) electrons. The highest BCUT2D eigenvalue weighted by atomic mass is 32.1. The molecule has 11 rings (SSSR count). The first-order valence-corrected chi connectivity index (χ1v) is 19.0. The zero-order valence-corrected chi connectivity index (χ0v) is 28.7. The standard InChI is InChI=1S/C46H26S3/c1-2-6-27(7-3-1)41-26-37-17-16-35(23-42(37)47-41)33-13-12-30-18-32(11-10-31(30)19-33)34-14-15-36-25-44-40(22-38(36)20-34)46-45(49-44)39-21-28-8-4-5-9-29(28)24-43(39)48-46/h1-26H. The van der Waals surface area contributed by atoms with Gasteiger partial charge in [0.25, 0.3) is 0 Å². The van der Waals surface area contributed by atoms with Gasteiger partial charge in [0.15, 0.2) is 0 Å². The highest BCUT2D eigenvalue weighted by molar-refractivity contribution is 7.36. The molecule has 0 aliphatic heterocycles. The van der Waals surface area contributed by atoms with E-state index in [2.05, 4.69) is 158 Å². The smallest absolute Gasteiger partial charge is 0.0542 e. The van der Waals surface area contributed by atoms with Crippen molar-refractivity contribution in [2.24, 2.45) is 0 Å². The Bertz CT molecular complexity index is 3100. The van der Waals surface area contributed by atoms with Gasteiger partial charge in [-0.1, -0.05) is 103 Å². The molecule has 0 N–H and O–H groups in total. The first-order chi connectivity index (χ1) is 24.2. The van der Waals surface area contributed by atoms with Crippen LogP contribution >= 0.6 is 34.0 Å². The van der Waals surface area contributed by atoms with Gasteiger partial charge < -0.3 is 0 Å². The number of benzene rings is 8. The Morgan fingerprint density at radius 2 is 0.735 bits per heavy atom. The van der Waals surface area contributed by atoms with Gasteiger partial charge in [-0.15, -0.1) is 34.0 Å². The van der Waals surface area contributed by atoms with Gasteiger partial charge in [-0.25, -0.2) is 0 Å². The first kappa shape index (κ1) is 27.6. The lowest BCUT2D eigenvalue weighted by atomic mass is 9.96. The van der Waals surface area contributed by atoms with E-state index in [0.717, 1.165) is 0 Å². The maximum atomic E-state index is 2.42. The molecule has 8 aromatic carbocycles. The molecule has 3 heteroatoms. The van der Waals surface area contributed by atoms with Crippen molar-refractivity contribution in [1.29, 1.82) is 0 Å². The highest BCUT2D eigenvalue weighted by Crippen LogP contribution is 2.46. The van der Waals surface area contributed by atoms with Gasteiger partial charge in [0.1, 0.15) is 0 Å². The summed E-state index contributed by atoms with van der Waals surface area (Å²) in [6.45, 7) is 0. The van der Waals surface area contributed by atoms with Gasteiger partial charge in [0.05, 0.1) is 9.40 Å². The number of hydrogen-bond donors (Lipinski definition) is 0. The lowest BCUT2D eigenvalue weighted by Gasteiger charge is -2.09. The fourth-order valence-electron chi connectivity index (χ4n) is 7.43. The molecule has 11 aromatic rings. The molecule has 3 aromatic heterocycles. The van der Waals surface area contributed by atoms with Gasteiger partial charge >= 0.3 is 0 Å². The van der Waals surface area contributed by atoms with Gasteiger partial charge in [-0.2, -0.15) is 0 Å². The van der Waals surface area contributed by atoms with Crippen molar-refractivity contribution < 1.29 is 0 Å². The SMILES string of the molecule is c1ccc(-c2cc3ccc(-c4ccc5cc(-c6ccc7cc8sc9c%10cc%11ccccc%11cc%10sc9c8cc7c6)ccc5c4)cc3s2)cc1. The summed E-state index contributed by atoms with van der Waals surface area (Å²) in [7, 11) is 0. The van der Waals surface area contributed by atoms with Gasteiger partial charge in [-0.05, 0) is 120 Å². The minimum absolute atomic E-state index is 1.25. The fraction of sp³-hybridized carbons (Fsp3) is 0. The second kappa shape index (κ2) is 10.6. The van der Waals surface area contributed by atoms with Crippen LogP contribution in [0.2, 0.25) is 0 Å². The Morgan fingerprint density at radius 3 is 1.37 bits per heavy atom. The van der Waals surface area contributed by atoms with Crippen LogP contribution in [-0.2, 0) is 0 Å². The number of thiophene rings is 3. The summed E-state index contributed by atoms with van der Waals surface area (Å²) in [4.78, 5) is 1.31. The normalized spacial score (nSPS) is 12.1. The van der Waals surface area contributed by atoms with E-state index in [1.54, 1.807) is 0 Å². The second-order valence-corrected chi connectivity index (χ2v) is 16.2. The number of hydrogen-bond acceptors (Lipinski definition) is 3. The molecule has 0 nitrogen and oxygen atoms in total. The molecule has 49 heavy (non-hydrogen) atoms. The molecule has 0 saturated heterocycles. The molecule has 0 fully saturated rings. The topological polar surface area (TPSA) is 0 Å². The number of rotatable bonds is 3. The second-order valence-electron chi connectivity index (χ2n) is 13.0. The van der Waals surface area contributed by atoms with Crippen molar-refractivity contribution in [3.05, 3.63) is 158 Å². The number of fused-ring (bicyclic) bond motifs is 9. The minimum atomic E-state index is 1.25. The molecule has 0 unspecified atom stereocenters. The van der Waals surface area contributed by atoms with Crippen LogP contribution in [0, 0.1) is 0 Å². The lowest BCUT2D eigenvalue weighted by molar-refractivity contribution is 1.66. The van der Waals surface area contributed by atoms with E-state index in [0.29, 0.717) is 0 Å². The van der Waals surface area contributed by atoms with Gasteiger partial charge in [-0.3, -0.25) is 0 Å². The fourth-order valence-corrected chi connectivity index (χ4v) is 11.2. The Morgan fingerprint density at radius 1 is 0.265 bits per heavy atom. The average molecular weight is 675 g/mol. The monoisotopic (exact) mass is 674 g/mol. The maximum Gasteiger partial charge on any atom is 0.0542 e. The third kappa shape index (κ3) is 4.47. The molecule has 228 valence electrons. The predicted molar refractivity (Wildman–Crippen MR) is 219 cm³/mol. The summed E-state index contributed by atoms with van der Waals surface area (Å²) >= 11 is 5.73. The van der Waals surface area contributed by atoms with E-state index in [4.69, 9.17) is 0 Å². The molecule has 0 saturated carbocycles. The van der Waals surface area contributed by atoms with E-state index in [9.17, 15) is 0 Å². The van der Waals surface area contributed by atoms with E-state index in [1.807, 2.05) is 34.0 Å². The van der Waals surface area contributed by atoms with Crippen LogP contribution in [0.25, 0.3) is 105 Å². The third-order valence-electron chi connectivity index (χ3n) is 9.99. The van der Waals surface area contributed by atoms with Crippen molar-refractivity contribution in [3.63, 3.8) is 0 Å². The van der Waals surface area contributed by atoms with Crippen LogP contribution < -0.4 is 0 Å². The molecule has 0 amide bonds. The van der Waals surface area contributed by atoms with Gasteiger partial charge in [0, 0.05) is 29.7 Å². The molecule has 0 bridgehead atoms. The largest absolute Gasteiger partial charge is 0.135 e. The van der Waals surface area contributed by atoms with Crippen LogP contribution in [0.4, 0.5) is 0 Å². The molecule has 0 aliphatic carbocycles. The highest BCUT2D eigenvalue weighted by Gasteiger charge is 2.15. The zero-order chi connectivity index (χ0) is 32.1. The van der Waals surface area contributed by atoms with Crippen molar-refractivity contribution in [2.45, 2.75) is 0 Å². The minimum Gasteiger partial charge on any atom is -0.135 e. The van der Waals surface area contributed by atoms with Crippen LogP contribution in [0.1, 0.15) is 0 Å². The predicted octanol–water partition coefficient (Wildman–Crippen LogP) is 14.9. The van der Waals surface area contributed by atoms with E-state index in [-0.39, 0.29) is 0 Å². The molecular weight excluding hydrogens is 649 g/mol. The van der Waals surface area contributed by atoms with E-state index in [1.165, 1.54) is 105 Å². The quantitative estimate of drug-likeness (QED) is 0.175. The summed E-state index contributed by atoms with van der Waals surface area (Å²) in [6, 6.07) is 58.8. The van der Waals surface area contributed by atoms with Crippen LogP contribution in [0.5, 0.6) is 0 Å². The molecule has 0 atom stereocenters. The molecule has 0 aliphatic rings. The zero-order valence-electron chi connectivity index (χ0n) is 26.2. The van der Waals surface area contributed by atoms with Gasteiger partial charge in [0.2, 0.25) is 0 Å². The molecule has 0 spiro atoms. The van der Waals surface area contributed by atoms with Crippen molar-refractivity contribution in [1.82, 2.24) is 0 Å². The third-order valence-corrected chi connectivity index (χ3v) is 13.6. The first-order valence-electron chi connectivity index (χ1n) is 16.6. The van der Waals surface area contributed by atoms with Crippen molar-refractivity contribution >= 4 is 106 Å². The van der Waals surface area contributed by atoms with Crippen LogP contribution in [0.3, 0.4) is 0 Å². The average Bonchev–Trinajstić information content (AvgIpc) is 3.84. The van der Waals surface area contributed by atoms with E-state index >= 15 is 0 Å². The summed E-state index contributed by atoms with van der Waals surface area (Å²) in [5.41, 5.74) is 6.29. The Balaban J connectivity index is 0.952. The molecular formula is C46H26S3. The summed E-state index contributed by atoms with van der Waals surface area (Å²) < 4.78 is 6.89. The molecule has 3 heterocycles. The van der Waals surface area contributed by atoms with Crippen molar-refractivity contribution in [2.75, 3.05) is 0 Å². The Kier molecular flexibility index (Phi) is 5.97. The Labute approximate surface area is 294 Å². The summed E-state index contributed by atoms with van der Waals surface area (Å²) in [6.07, 6.45) is 0. The summed E-state index contributed by atoms with van der Waals surface area (Å²) in [5.74, 6) is 0.